The first kappa shape index (κ1) is 12.2. The van der Waals surface area contributed by atoms with Crippen molar-refractivity contribution in [1.82, 2.24) is 5.32 Å². The molecule has 0 aliphatic heterocycles. The van der Waals surface area contributed by atoms with E-state index in [1.165, 1.54) is 12.1 Å². The number of hydrogen-bond acceptors (Lipinski definition) is 3. The molecule has 2 rings (SSSR count). The van der Waals surface area contributed by atoms with Gasteiger partial charge in [0.15, 0.2) is 0 Å². The van der Waals surface area contributed by atoms with E-state index >= 15 is 0 Å². The van der Waals surface area contributed by atoms with Crippen molar-refractivity contribution in [2.75, 3.05) is 5.32 Å². The van der Waals surface area contributed by atoms with Crippen LogP contribution >= 0.6 is 0 Å². The number of carboxylic acids is 1. The maximum Gasteiger partial charge on any atom is 0.335 e. The van der Waals surface area contributed by atoms with E-state index in [1.807, 2.05) is 6.92 Å². The predicted molar refractivity (Wildman–Crippen MR) is 64.8 cm³/mol. The Bertz CT molecular complexity index is 501. The molecule has 2 unspecified atom stereocenters. The molecule has 2 atom stereocenters. The molecule has 1 aromatic carbocycles. The predicted octanol–water partition coefficient (Wildman–Crippen LogP) is 1.62. The summed E-state index contributed by atoms with van der Waals surface area (Å²) in [5.74, 6) is -0.916. The number of carbonyl (C=O) groups excluding carboxylic acids is 1. The number of rotatable bonds is 3. The quantitative estimate of drug-likeness (QED) is 0.612. The van der Waals surface area contributed by atoms with E-state index in [1.54, 1.807) is 0 Å². The summed E-state index contributed by atoms with van der Waals surface area (Å²) in [4.78, 5) is 22.2. The smallest absolute Gasteiger partial charge is 0.335 e. The maximum atomic E-state index is 11.5. The largest absolute Gasteiger partial charge is 0.506 e. The summed E-state index contributed by atoms with van der Waals surface area (Å²) in [5, 5.41) is 23.5. The van der Waals surface area contributed by atoms with E-state index in [0.29, 0.717) is 5.92 Å². The molecule has 1 fully saturated rings. The van der Waals surface area contributed by atoms with Crippen LogP contribution in [0.5, 0.6) is 5.75 Å². The molecule has 0 heterocycles. The second-order valence-corrected chi connectivity index (χ2v) is 4.46. The van der Waals surface area contributed by atoms with E-state index in [2.05, 4.69) is 10.6 Å². The summed E-state index contributed by atoms with van der Waals surface area (Å²) >= 11 is 0. The number of anilines is 1. The molecule has 0 bridgehead atoms. The van der Waals surface area contributed by atoms with Gasteiger partial charge >= 0.3 is 12.0 Å². The molecule has 0 radical (unpaired) electrons. The average molecular weight is 250 g/mol. The second kappa shape index (κ2) is 4.56. The Morgan fingerprint density at radius 2 is 2.06 bits per heavy atom. The Morgan fingerprint density at radius 3 is 2.56 bits per heavy atom. The third-order valence-corrected chi connectivity index (χ3v) is 2.92. The van der Waals surface area contributed by atoms with Gasteiger partial charge in [-0.15, -0.1) is 0 Å². The third kappa shape index (κ3) is 2.71. The molecule has 0 aromatic heterocycles. The monoisotopic (exact) mass is 250 g/mol. The van der Waals surface area contributed by atoms with Crippen molar-refractivity contribution in [2.24, 2.45) is 5.92 Å². The third-order valence-electron chi connectivity index (χ3n) is 2.92. The lowest BCUT2D eigenvalue weighted by Crippen LogP contribution is -2.31. The highest BCUT2D eigenvalue weighted by Crippen LogP contribution is 2.29. The maximum absolute atomic E-state index is 11.5. The van der Waals surface area contributed by atoms with Gasteiger partial charge in [0.25, 0.3) is 0 Å². The number of phenols is 1. The van der Waals surface area contributed by atoms with E-state index in [4.69, 9.17) is 5.11 Å². The van der Waals surface area contributed by atoms with E-state index in [-0.39, 0.29) is 23.0 Å². The molecule has 96 valence electrons. The highest BCUT2D eigenvalue weighted by atomic mass is 16.4. The summed E-state index contributed by atoms with van der Waals surface area (Å²) in [6, 6.07) is 3.55. The minimum absolute atomic E-state index is 0.0331. The Kier molecular flexibility index (Phi) is 3.10. The van der Waals surface area contributed by atoms with Crippen LogP contribution in [0.1, 0.15) is 23.7 Å². The summed E-state index contributed by atoms with van der Waals surface area (Å²) in [6.45, 7) is 2.03. The zero-order chi connectivity index (χ0) is 13.3. The summed E-state index contributed by atoms with van der Waals surface area (Å²) in [6.07, 6.45) is 0.956. The summed E-state index contributed by atoms with van der Waals surface area (Å²) in [7, 11) is 0. The van der Waals surface area contributed by atoms with Crippen LogP contribution in [0.2, 0.25) is 0 Å². The van der Waals surface area contributed by atoms with Gasteiger partial charge in [0.05, 0.1) is 11.3 Å². The molecule has 18 heavy (non-hydrogen) atoms. The van der Waals surface area contributed by atoms with Gasteiger partial charge in [0.2, 0.25) is 0 Å². The molecular weight excluding hydrogens is 236 g/mol. The minimum atomic E-state index is -1.13. The molecule has 4 N–H and O–H groups in total. The number of benzene rings is 1. The van der Waals surface area contributed by atoms with Crippen molar-refractivity contribution in [1.29, 1.82) is 0 Å². The van der Waals surface area contributed by atoms with Crippen LogP contribution in [-0.2, 0) is 0 Å². The highest BCUT2D eigenvalue weighted by Gasteiger charge is 2.33. The topological polar surface area (TPSA) is 98.7 Å². The van der Waals surface area contributed by atoms with Gasteiger partial charge < -0.3 is 20.8 Å². The van der Waals surface area contributed by atoms with E-state index in [0.717, 1.165) is 12.5 Å². The first-order chi connectivity index (χ1) is 8.47. The lowest BCUT2D eigenvalue weighted by atomic mass is 10.2. The molecule has 1 aliphatic carbocycles. The molecule has 1 saturated carbocycles. The molecule has 1 aliphatic rings. The van der Waals surface area contributed by atoms with Crippen LogP contribution in [0.3, 0.4) is 0 Å². The summed E-state index contributed by atoms with van der Waals surface area (Å²) in [5.41, 5.74) is 0.153. The molecule has 6 nitrogen and oxygen atoms in total. The molecular formula is C12H14N2O4. The lowest BCUT2D eigenvalue weighted by molar-refractivity contribution is 0.0696. The molecule has 2 amide bonds. The van der Waals surface area contributed by atoms with Crippen molar-refractivity contribution in [3.63, 3.8) is 0 Å². The number of carbonyl (C=O) groups is 2. The van der Waals surface area contributed by atoms with Crippen LogP contribution in [0.15, 0.2) is 18.2 Å². The van der Waals surface area contributed by atoms with Crippen LogP contribution < -0.4 is 10.6 Å². The van der Waals surface area contributed by atoms with Gasteiger partial charge in [-0.3, -0.25) is 0 Å². The van der Waals surface area contributed by atoms with Crippen LogP contribution in [-0.4, -0.2) is 28.3 Å². The fourth-order valence-corrected chi connectivity index (χ4v) is 1.62. The number of phenolic OH excluding ortho intramolecular Hbond substituents is 1. The molecule has 1 aromatic rings. The number of hydrogen-bond donors (Lipinski definition) is 4. The van der Waals surface area contributed by atoms with E-state index in [9.17, 15) is 14.7 Å². The van der Waals surface area contributed by atoms with Crippen LogP contribution in [0.25, 0.3) is 0 Å². The normalized spacial score (nSPS) is 21.2. The number of urea groups is 1. The lowest BCUT2D eigenvalue weighted by Gasteiger charge is -2.09. The van der Waals surface area contributed by atoms with Gasteiger partial charge in [-0.25, -0.2) is 9.59 Å². The molecule has 0 spiro atoms. The summed E-state index contributed by atoms with van der Waals surface area (Å²) < 4.78 is 0. The Hall–Kier alpha value is -2.24. The van der Waals surface area contributed by atoms with Crippen molar-refractivity contribution in [3.05, 3.63) is 23.8 Å². The molecule has 6 heteroatoms. The zero-order valence-corrected chi connectivity index (χ0v) is 9.80. The van der Waals surface area contributed by atoms with Gasteiger partial charge in [-0.2, -0.15) is 0 Å². The SMILES string of the molecule is CC1CC1NC(=O)Nc1ccc(C(=O)O)cc1O. The zero-order valence-electron chi connectivity index (χ0n) is 9.80. The van der Waals surface area contributed by atoms with Crippen molar-refractivity contribution in [2.45, 2.75) is 19.4 Å². The molecule has 0 saturated heterocycles. The minimum Gasteiger partial charge on any atom is -0.506 e. The fraction of sp³-hybridized carbons (Fsp3) is 0.333. The average Bonchev–Trinajstić information content (AvgIpc) is 2.96. The number of aromatic carboxylic acids is 1. The first-order valence-electron chi connectivity index (χ1n) is 5.61. The van der Waals surface area contributed by atoms with Gasteiger partial charge in [-0.05, 0) is 30.5 Å². The number of amides is 2. The Labute approximate surface area is 104 Å². The second-order valence-electron chi connectivity index (χ2n) is 4.46. The highest BCUT2D eigenvalue weighted by molar-refractivity contribution is 5.93. The first-order valence-corrected chi connectivity index (χ1v) is 5.61. The number of carboxylic acid groups (broad SMARTS) is 1. The van der Waals surface area contributed by atoms with Gasteiger partial charge in [0, 0.05) is 6.04 Å². The van der Waals surface area contributed by atoms with Crippen molar-refractivity contribution < 1.29 is 19.8 Å². The van der Waals surface area contributed by atoms with Crippen molar-refractivity contribution in [3.8, 4) is 5.75 Å². The fourth-order valence-electron chi connectivity index (χ4n) is 1.62. The Balaban J connectivity index is 2.00. The van der Waals surface area contributed by atoms with Crippen LogP contribution in [0, 0.1) is 5.92 Å². The standard InChI is InChI=1S/C12H14N2O4/c1-6-4-9(6)14-12(18)13-8-3-2-7(11(16)17)5-10(8)15/h2-3,5-6,9,15H,4H2,1H3,(H,16,17)(H2,13,14,18). The number of nitrogens with one attached hydrogen (secondary N) is 2. The van der Waals surface area contributed by atoms with Crippen LogP contribution in [0.4, 0.5) is 10.5 Å². The van der Waals surface area contributed by atoms with Gasteiger partial charge in [0.1, 0.15) is 5.75 Å². The van der Waals surface area contributed by atoms with Crippen molar-refractivity contribution >= 4 is 17.7 Å². The van der Waals surface area contributed by atoms with E-state index < -0.39 is 12.0 Å². The number of aromatic hydroxyl groups is 1. The van der Waals surface area contributed by atoms with Gasteiger partial charge in [-0.1, -0.05) is 6.92 Å². The Morgan fingerprint density at radius 1 is 1.39 bits per heavy atom.